The molecule has 0 amide bonds. The quantitative estimate of drug-likeness (QED) is 0.554. The van der Waals surface area contributed by atoms with Gasteiger partial charge in [-0.15, -0.1) is 0 Å². The molecule has 0 unspecified atom stereocenters. The van der Waals surface area contributed by atoms with Gasteiger partial charge in [0.15, 0.2) is 0 Å². The third-order valence-electron chi connectivity index (χ3n) is 2.06. The van der Waals surface area contributed by atoms with E-state index in [0.717, 1.165) is 18.7 Å². The zero-order valence-electron chi connectivity index (χ0n) is 8.57. The van der Waals surface area contributed by atoms with Crippen molar-refractivity contribution in [1.82, 2.24) is 0 Å². The first-order valence-electron chi connectivity index (χ1n) is 4.90. The summed E-state index contributed by atoms with van der Waals surface area (Å²) in [5.74, 6) is -0.908. The van der Waals surface area contributed by atoms with E-state index in [4.69, 9.17) is 5.11 Å². The highest BCUT2D eigenvalue weighted by molar-refractivity contribution is 5.85. The Morgan fingerprint density at radius 3 is 2.60 bits per heavy atom. The standard InChI is InChI=1S/C12H15NO2/c1-10(12(14)15)6-5-9-13-11-7-3-2-4-8-11/h2-4,7-8,13H,1,5-6,9H2,(H,14,15). The number of hydrogen-bond donors (Lipinski definition) is 2. The molecule has 0 aromatic heterocycles. The van der Waals surface area contributed by atoms with Gasteiger partial charge < -0.3 is 10.4 Å². The van der Waals surface area contributed by atoms with Gasteiger partial charge in [0.25, 0.3) is 0 Å². The van der Waals surface area contributed by atoms with E-state index in [1.54, 1.807) is 0 Å². The molecule has 1 aromatic rings. The Balaban J connectivity index is 2.18. The number of carboxylic acid groups (broad SMARTS) is 1. The maximum absolute atomic E-state index is 10.4. The molecule has 15 heavy (non-hydrogen) atoms. The largest absolute Gasteiger partial charge is 0.478 e. The summed E-state index contributed by atoms with van der Waals surface area (Å²) in [6, 6.07) is 9.83. The number of nitrogens with one attached hydrogen (secondary N) is 1. The van der Waals surface area contributed by atoms with Gasteiger partial charge >= 0.3 is 5.97 Å². The molecule has 0 heterocycles. The smallest absolute Gasteiger partial charge is 0.330 e. The molecule has 0 aliphatic carbocycles. The van der Waals surface area contributed by atoms with Crippen LogP contribution in [0.5, 0.6) is 0 Å². The molecule has 0 saturated heterocycles. The zero-order chi connectivity index (χ0) is 11.1. The predicted molar refractivity (Wildman–Crippen MR) is 60.9 cm³/mol. The van der Waals surface area contributed by atoms with E-state index >= 15 is 0 Å². The van der Waals surface area contributed by atoms with E-state index in [9.17, 15) is 4.79 Å². The van der Waals surface area contributed by atoms with Gasteiger partial charge in [0.2, 0.25) is 0 Å². The fraction of sp³-hybridized carbons (Fsp3) is 0.250. The Kier molecular flexibility index (Phi) is 4.41. The summed E-state index contributed by atoms with van der Waals surface area (Å²) >= 11 is 0. The van der Waals surface area contributed by atoms with Gasteiger partial charge in [-0.1, -0.05) is 24.8 Å². The molecule has 1 aromatic carbocycles. The van der Waals surface area contributed by atoms with Gasteiger partial charge in [-0.2, -0.15) is 0 Å². The van der Waals surface area contributed by atoms with Crippen LogP contribution in [0.25, 0.3) is 0 Å². The molecular formula is C12H15NO2. The van der Waals surface area contributed by atoms with Crippen molar-refractivity contribution in [3.8, 4) is 0 Å². The van der Waals surface area contributed by atoms with Gasteiger partial charge in [0, 0.05) is 17.8 Å². The van der Waals surface area contributed by atoms with Crippen molar-refractivity contribution >= 4 is 11.7 Å². The SMILES string of the molecule is C=C(CCCNc1ccccc1)C(=O)O. The molecule has 1 rings (SSSR count). The lowest BCUT2D eigenvalue weighted by atomic mass is 10.1. The minimum absolute atomic E-state index is 0.268. The Morgan fingerprint density at radius 1 is 1.33 bits per heavy atom. The highest BCUT2D eigenvalue weighted by atomic mass is 16.4. The van der Waals surface area contributed by atoms with Gasteiger partial charge in [0.05, 0.1) is 0 Å². The third kappa shape index (κ3) is 4.31. The normalized spacial score (nSPS) is 9.60. The molecule has 0 fully saturated rings. The lowest BCUT2D eigenvalue weighted by Gasteiger charge is -2.05. The van der Waals surface area contributed by atoms with E-state index in [-0.39, 0.29) is 5.57 Å². The van der Waals surface area contributed by atoms with Gasteiger partial charge in [-0.05, 0) is 25.0 Å². The molecule has 0 saturated carbocycles. The second kappa shape index (κ2) is 5.86. The molecular weight excluding hydrogens is 190 g/mol. The summed E-state index contributed by atoms with van der Waals surface area (Å²) in [4.78, 5) is 10.4. The van der Waals surface area contributed by atoms with Crippen LogP contribution < -0.4 is 5.32 Å². The maximum atomic E-state index is 10.4. The molecule has 2 N–H and O–H groups in total. The first-order valence-corrected chi connectivity index (χ1v) is 4.90. The molecule has 0 bridgehead atoms. The van der Waals surface area contributed by atoms with Crippen LogP contribution in [0.1, 0.15) is 12.8 Å². The van der Waals surface area contributed by atoms with E-state index < -0.39 is 5.97 Å². The van der Waals surface area contributed by atoms with E-state index in [0.29, 0.717) is 6.42 Å². The molecule has 3 nitrogen and oxygen atoms in total. The fourth-order valence-electron chi connectivity index (χ4n) is 1.20. The van der Waals surface area contributed by atoms with Crippen molar-refractivity contribution in [3.63, 3.8) is 0 Å². The maximum Gasteiger partial charge on any atom is 0.330 e. The third-order valence-corrected chi connectivity index (χ3v) is 2.06. The van der Waals surface area contributed by atoms with Crippen LogP contribution in [-0.4, -0.2) is 17.6 Å². The summed E-state index contributed by atoms with van der Waals surface area (Å²) < 4.78 is 0. The minimum Gasteiger partial charge on any atom is -0.478 e. The van der Waals surface area contributed by atoms with Gasteiger partial charge in [-0.25, -0.2) is 4.79 Å². The summed E-state index contributed by atoms with van der Waals surface area (Å²) in [5.41, 5.74) is 1.32. The average Bonchev–Trinajstić information content (AvgIpc) is 2.25. The first-order chi connectivity index (χ1) is 7.20. The number of hydrogen-bond acceptors (Lipinski definition) is 2. The highest BCUT2D eigenvalue weighted by Crippen LogP contribution is 2.07. The van der Waals surface area contributed by atoms with Crippen LogP contribution in [-0.2, 0) is 4.79 Å². The van der Waals surface area contributed by atoms with E-state index in [2.05, 4.69) is 11.9 Å². The Bertz CT molecular complexity index is 333. The van der Waals surface area contributed by atoms with Crippen molar-refractivity contribution in [2.24, 2.45) is 0 Å². The summed E-state index contributed by atoms with van der Waals surface area (Å²) in [7, 11) is 0. The van der Waals surface area contributed by atoms with Crippen LogP contribution in [0.3, 0.4) is 0 Å². The fourth-order valence-corrected chi connectivity index (χ4v) is 1.20. The minimum atomic E-state index is -0.908. The Labute approximate surface area is 89.4 Å². The van der Waals surface area contributed by atoms with Crippen LogP contribution in [0.15, 0.2) is 42.5 Å². The molecule has 0 aliphatic rings. The van der Waals surface area contributed by atoms with Crippen molar-refractivity contribution in [1.29, 1.82) is 0 Å². The molecule has 0 aliphatic heterocycles. The second-order valence-electron chi connectivity index (χ2n) is 3.31. The average molecular weight is 205 g/mol. The number of carboxylic acids is 1. The van der Waals surface area contributed by atoms with Crippen LogP contribution in [0, 0.1) is 0 Å². The van der Waals surface area contributed by atoms with Crippen LogP contribution in [0.2, 0.25) is 0 Å². The number of anilines is 1. The predicted octanol–water partition coefficient (Wildman–Crippen LogP) is 2.52. The Morgan fingerprint density at radius 2 is 2.00 bits per heavy atom. The lowest BCUT2D eigenvalue weighted by molar-refractivity contribution is -0.132. The lowest BCUT2D eigenvalue weighted by Crippen LogP contribution is -2.04. The summed E-state index contributed by atoms with van der Waals surface area (Å²) in [5, 5.41) is 11.8. The first kappa shape index (κ1) is 11.3. The summed E-state index contributed by atoms with van der Waals surface area (Å²) in [6.45, 7) is 4.23. The number of aliphatic carboxylic acids is 1. The monoisotopic (exact) mass is 205 g/mol. The number of carbonyl (C=O) groups is 1. The second-order valence-corrected chi connectivity index (χ2v) is 3.31. The van der Waals surface area contributed by atoms with Crippen molar-refractivity contribution in [3.05, 3.63) is 42.5 Å². The van der Waals surface area contributed by atoms with E-state index in [1.165, 1.54) is 0 Å². The Hall–Kier alpha value is -1.77. The molecule has 0 radical (unpaired) electrons. The van der Waals surface area contributed by atoms with Crippen molar-refractivity contribution in [2.45, 2.75) is 12.8 Å². The molecule has 0 atom stereocenters. The van der Waals surface area contributed by atoms with Gasteiger partial charge in [0.1, 0.15) is 0 Å². The van der Waals surface area contributed by atoms with Gasteiger partial charge in [-0.3, -0.25) is 0 Å². The van der Waals surface area contributed by atoms with Crippen LogP contribution in [0.4, 0.5) is 5.69 Å². The number of rotatable bonds is 6. The number of para-hydroxylation sites is 1. The zero-order valence-corrected chi connectivity index (χ0v) is 8.57. The molecule has 80 valence electrons. The van der Waals surface area contributed by atoms with Crippen LogP contribution >= 0.6 is 0 Å². The van der Waals surface area contributed by atoms with Crippen molar-refractivity contribution in [2.75, 3.05) is 11.9 Å². The highest BCUT2D eigenvalue weighted by Gasteiger charge is 2.02. The van der Waals surface area contributed by atoms with Crippen molar-refractivity contribution < 1.29 is 9.90 Å². The molecule has 0 spiro atoms. The number of benzene rings is 1. The molecule has 3 heteroatoms. The summed E-state index contributed by atoms with van der Waals surface area (Å²) in [6.07, 6.45) is 1.30. The van der Waals surface area contributed by atoms with E-state index in [1.807, 2.05) is 30.3 Å². The topological polar surface area (TPSA) is 49.3 Å².